The summed E-state index contributed by atoms with van der Waals surface area (Å²) in [6.45, 7) is 5.30. The molecule has 0 aliphatic carbocycles. The summed E-state index contributed by atoms with van der Waals surface area (Å²) in [4.78, 5) is 3.55. The number of alkyl halides is 3. The van der Waals surface area contributed by atoms with E-state index in [1.165, 1.54) is 26.3 Å². The van der Waals surface area contributed by atoms with Gasteiger partial charge < -0.3 is 4.74 Å². The quantitative estimate of drug-likeness (QED) is 0.724. The maximum Gasteiger partial charge on any atom is 0.421 e. The molecule has 0 fully saturated rings. The maximum atomic E-state index is 12.4. The highest BCUT2D eigenvalue weighted by Crippen LogP contribution is 2.37. The largest absolute Gasteiger partial charge is 0.496 e. The van der Waals surface area contributed by atoms with Crippen LogP contribution in [0.5, 0.6) is 5.75 Å². The Kier molecular flexibility index (Phi) is 5.11. The second-order valence-electron chi connectivity index (χ2n) is 2.47. The number of hydrogen-bond donors (Lipinski definition) is 0. The lowest BCUT2D eigenvalue weighted by atomic mass is 10.2. The van der Waals surface area contributed by atoms with E-state index in [2.05, 4.69) is 9.72 Å². The van der Waals surface area contributed by atoms with Crippen LogP contribution in [-0.4, -0.2) is 12.1 Å². The van der Waals surface area contributed by atoms with E-state index in [9.17, 15) is 13.2 Å². The molecule has 5 heteroatoms. The average Bonchev–Trinajstić information content (AvgIpc) is 2.18. The third-order valence-corrected chi connectivity index (χ3v) is 1.61. The lowest BCUT2D eigenvalue weighted by Gasteiger charge is -2.12. The van der Waals surface area contributed by atoms with Gasteiger partial charge in [0.2, 0.25) is 0 Å². The fourth-order valence-electron chi connectivity index (χ4n) is 1.06. The van der Waals surface area contributed by atoms with Crippen molar-refractivity contribution in [3.05, 3.63) is 23.5 Å². The summed E-state index contributed by atoms with van der Waals surface area (Å²) in [7, 11) is 1.20. The minimum absolute atomic E-state index is 0.0770. The van der Waals surface area contributed by atoms with E-state index >= 15 is 0 Å². The number of nitrogens with zero attached hydrogens (tertiary/aromatic N) is 1. The maximum absolute atomic E-state index is 12.4. The second-order valence-corrected chi connectivity index (χ2v) is 2.47. The second kappa shape index (κ2) is 5.58. The SMILES string of the molecule is CC.COc1ccnc(C)c1C(F)(F)F. The lowest BCUT2D eigenvalue weighted by molar-refractivity contribution is -0.139. The molecule has 0 bridgehead atoms. The summed E-state index contributed by atoms with van der Waals surface area (Å²) in [5.41, 5.74) is -0.885. The number of aromatic nitrogens is 1. The van der Waals surface area contributed by atoms with Crippen molar-refractivity contribution in [2.24, 2.45) is 0 Å². The van der Waals surface area contributed by atoms with Crippen molar-refractivity contribution in [2.75, 3.05) is 7.11 Å². The van der Waals surface area contributed by atoms with Crippen molar-refractivity contribution < 1.29 is 17.9 Å². The molecule has 0 radical (unpaired) electrons. The topological polar surface area (TPSA) is 22.1 Å². The van der Waals surface area contributed by atoms with Gasteiger partial charge in [0.15, 0.2) is 0 Å². The van der Waals surface area contributed by atoms with Crippen LogP contribution >= 0.6 is 0 Å². The predicted molar refractivity (Wildman–Crippen MR) is 51.9 cm³/mol. The van der Waals surface area contributed by atoms with Crippen LogP contribution in [0.4, 0.5) is 13.2 Å². The number of pyridine rings is 1. The molecule has 1 aromatic heterocycles. The van der Waals surface area contributed by atoms with Crippen molar-refractivity contribution >= 4 is 0 Å². The van der Waals surface area contributed by atoms with Crippen LogP contribution in [0.3, 0.4) is 0 Å². The van der Waals surface area contributed by atoms with Crippen molar-refractivity contribution in [3.63, 3.8) is 0 Å². The molecule has 0 unspecified atom stereocenters. The molecule has 0 amide bonds. The summed E-state index contributed by atoms with van der Waals surface area (Å²) in [6, 6.07) is 1.19. The molecule has 0 aliphatic rings. The van der Waals surface area contributed by atoms with Crippen LogP contribution in [0.25, 0.3) is 0 Å². The zero-order chi connectivity index (χ0) is 12.1. The summed E-state index contributed by atoms with van der Waals surface area (Å²) < 4.78 is 41.7. The Labute approximate surface area is 87.1 Å². The monoisotopic (exact) mass is 221 g/mol. The summed E-state index contributed by atoms with van der Waals surface area (Å²) >= 11 is 0. The molecule has 0 spiro atoms. The van der Waals surface area contributed by atoms with Gasteiger partial charge in [-0.25, -0.2) is 0 Å². The van der Waals surface area contributed by atoms with Gasteiger partial charge in [0.05, 0.1) is 12.8 Å². The van der Waals surface area contributed by atoms with Gasteiger partial charge in [0, 0.05) is 6.20 Å². The minimum atomic E-state index is -4.41. The Balaban J connectivity index is 0.000000921. The first-order valence-electron chi connectivity index (χ1n) is 4.53. The Morgan fingerprint density at radius 3 is 2.13 bits per heavy atom. The molecule has 86 valence electrons. The standard InChI is InChI=1S/C8H8F3NO.C2H6/c1-5-7(8(9,10)11)6(13-2)3-4-12-5;1-2/h3-4H,1-2H3;1-2H3. The molecule has 0 N–H and O–H groups in total. The molecule has 0 aromatic carbocycles. The third kappa shape index (κ3) is 3.42. The molecule has 2 nitrogen and oxygen atoms in total. The van der Waals surface area contributed by atoms with Gasteiger partial charge in [-0.1, -0.05) is 13.8 Å². The summed E-state index contributed by atoms with van der Waals surface area (Å²) in [6.07, 6.45) is -3.13. The fraction of sp³-hybridized carbons (Fsp3) is 0.500. The highest BCUT2D eigenvalue weighted by atomic mass is 19.4. The number of halogens is 3. The van der Waals surface area contributed by atoms with E-state index in [0.717, 1.165) is 0 Å². The van der Waals surface area contributed by atoms with E-state index in [1.807, 2.05) is 13.8 Å². The first kappa shape index (κ1) is 13.7. The number of hydrogen-bond acceptors (Lipinski definition) is 2. The zero-order valence-corrected chi connectivity index (χ0v) is 9.14. The van der Waals surface area contributed by atoms with Crippen LogP contribution in [0, 0.1) is 6.92 Å². The van der Waals surface area contributed by atoms with Gasteiger partial charge in [-0.3, -0.25) is 4.98 Å². The summed E-state index contributed by atoms with van der Waals surface area (Å²) in [5, 5.41) is 0. The number of aryl methyl sites for hydroxylation is 1. The molecule has 0 saturated carbocycles. The lowest BCUT2D eigenvalue weighted by Crippen LogP contribution is -2.10. The smallest absolute Gasteiger partial charge is 0.421 e. The Bertz CT molecular complexity index is 310. The van der Waals surface area contributed by atoms with Crippen molar-refractivity contribution in [3.8, 4) is 5.75 Å². The molecule has 0 atom stereocenters. The highest BCUT2D eigenvalue weighted by Gasteiger charge is 2.36. The Morgan fingerprint density at radius 2 is 1.80 bits per heavy atom. The van der Waals surface area contributed by atoms with Gasteiger partial charge in [-0.05, 0) is 13.0 Å². The first-order valence-corrected chi connectivity index (χ1v) is 4.53. The number of rotatable bonds is 1. The molecule has 1 aromatic rings. The van der Waals surface area contributed by atoms with Gasteiger partial charge >= 0.3 is 6.18 Å². The minimum Gasteiger partial charge on any atom is -0.496 e. The van der Waals surface area contributed by atoms with E-state index in [4.69, 9.17) is 0 Å². The normalized spacial score (nSPS) is 10.3. The van der Waals surface area contributed by atoms with Crippen LogP contribution < -0.4 is 4.74 Å². The zero-order valence-electron chi connectivity index (χ0n) is 9.14. The van der Waals surface area contributed by atoms with Crippen LogP contribution in [0.1, 0.15) is 25.1 Å². The van der Waals surface area contributed by atoms with Crippen LogP contribution in [0.15, 0.2) is 12.3 Å². The van der Waals surface area contributed by atoms with Crippen LogP contribution in [-0.2, 0) is 6.18 Å². The van der Waals surface area contributed by atoms with Crippen molar-refractivity contribution in [1.82, 2.24) is 4.98 Å². The van der Waals surface area contributed by atoms with E-state index in [-0.39, 0.29) is 11.4 Å². The van der Waals surface area contributed by atoms with Gasteiger partial charge in [0.25, 0.3) is 0 Å². The number of ether oxygens (including phenoxy) is 1. The molecular formula is C10H14F3NO. The predicted octanol–water partition coefficient (Wildman–Crippen LogP) is 3.44. The van der Waals surface area contributed by atoms with E-state index in [0.29, 0.717) is 0 Å². The Morgan fingerprint density at radius 1 is 1.27 bits per heavy atom. The van der Waals surface area contributed by atoms with E-state index in [1.54, 1.807) is 0 Å². The molecule has 15 heavy (non-hydrogen) atoms. The van der Waals surface area contributed by atoms with Gasteiger partial charge in [0.1, 0.15) is 11.3 Å². The molecular weight excluding hydrogens is 207 g/mol. The third-order valence-electron chi connectivity index (χ3n) is 1.61. The molecule has 1 rings (SSSR count). The average molecular weight is 221 g/mol. The first-order chi connectivity index (χ1) is 6.96. The fourth-order valence-corrected chi connectivity index (χ4v) is 1.06. The molecule has 0 saturated heterocycles. The van der Waals surface area contributed by atoms with Gasteiger partial charge in [-0.2, -0.15) is 13.2 Å². The number of methoxy groups -OCH3 is 1. The van der Waals surface area contributed by atoms with Gasteiger partial charge in [-0.15, -0.1) is 0 Å². The Hall–Kier alpha value is -1.26. The van der Waals surface area contributed by atoms with Crippen LogP contribution in [0.2, 0.25) is 0 Å². The van der Waals surface area contributed by atoms with Crippen molar-refractivity contribution in [1.29, 1.82) is 0 Å². The molecule has 0 aliphatic heterocycles. The molecule has 1 heterocycles. The van der Waals surface area contributed by atoms with Crippen molar-refractivity contribution in [2.45, 2.75) is 26.9 Å². The highest BCUT2D eigenvalue weighted by molar-refractivity contribution is 5.37. The van der Waals surface area contributed by atoms with E-state index < -0.39 is 11.7 Å². The summed E-state index contributed by atoms with van der Waals surface area (Å²) in [5.74, 6) is -0.194.